The predicted octanol–water partition coefficient (Wildman–Crippen LogP) is 1.46. The fourth-order valence-corrected chi connectivity index (χ4v) is 4.19. The number of aryl methyl sites for hydroxylation is 1. The van der Waals surface area contributed by atoms with E-state index in [-0.39, 0.29) is 23.4 Å². The zero-order chi connectivity index (χ0) is 18.9. The molecule has 1 aliphatic heterocycles. The first kappa shape index (κ1) is 18.5. The Balaban J connectivity index is 1.78. The van der Waals surface area contributed by atoms with E-state index in [1.807, 2.05) is 0 Å². The van der Waals surface area contributed by atoms with Gasteiger partial charge in [-0.1, -0.05) is 0 Å². The van der Waals surface area contributed by atoms with Crippen LogP contribution in [0.1, 0.15) is 28.9 Å². The van der Waals surface area contributed by atoms with Crippen molar-refractivity contribution in [2.24, 2.45) is 11.1 Å². The van der Waals surface area contributed by atoms with Crippen LogP contribution in [0.15, 0.2) is 30.5 Å². The first-order chi connectivity index (χ1) is 12.2. The van der Waals surface area contributed by atoms with E-state index in [0.717, 1.165) is 12.8 Å². The number of piperidine rings is 1. The lowest BCUT2D eigenvalue weighted by molar-refractivity contribution is 0.0677. The van der Waals surface area contributed by atoms with E-state index in [4.69, 9.17) is 5.14 Å². The molecule has 0 saturated carbocycles. The van der Waals surface area contributed by atoms with Gasteiger partial charge in [-0.2, -0.15) is 5.10 Å². The van der Waals surface area contributed by atoms with Gasteiger partial charge in [0, 0.05) is 24.8 Å². The van der Waals surface area contributed by atoms with Crippen LogP contribution in [0.3, 0.4) is 0 Å². The summed E-state index contributed by atoms with van der Waals surface area (Å²) in [4.78, 5) is 14.5. The van der Waals surface area contributed by atoms with E-state index >= 15 is 0 Å². The molecule has 1 aromatic heterocycles. The van der Waals surface area contributed by atoms with Crippen molar-refractivity contribution < 1.29 is 17.6 Å². The minimum atomic E-state index is -3.57. The smallest absolute Gasteiger partial charge is 0.274 e. The van der Waals surface area contributed by atoms with Crippen LogP contribution < -0.4 is 5.14 Å². The van der Waals surface area contributed by atoms with Crippen molar-refractivity contribution in [1.29, 1.82) is 0 Å². The zero-order valence-corrected chi connectivity index (χ0v) is 15.2. The molecule has 0 bridgehead atoms. The van der Waals surface area contributed by atoms with E-state index < -0.39 is 10.0 Å². The Labute approximate surface area is 151 Å². The molecule has 0 aliphatic carbocycles. The highest BCUT2D eigenvalue weighted by atomic mass is 32.2. The first-order valence-corrected chi connectivity index (χ1v) is 10.1. The molecule has 0 radical (unpaired) electrons. The summed E-state index contributed by atoms with van der Waals surface area (Å²) in [5, 5.41) is 9.47. The van der Waals surface area contributed by atoms with Crippen molar-refractivity contribution in [1.82, 2.24) is 14.7 Å². The van der Waals surface area contributed by atoms with Gasteiger partial charge in [0.1, 0.15) is 5.82 Å². The molecule has 2 heterocycles. The number of amides is 1. The average Bonchev–Trinajstić information content (AvgIpc) is 2.95. The lowest BCUT2D eigenvalue weighted by atomic mass is 9.99. The van der Waals surface area contributed by atoms with Crippen LogP contribution in [0.5, 0.6) is 0 Å². The molecule has 1 unspecified atom stereocenters. The van der Waals surface area contributed by atoms with E-state index in [1.165, 1.54) is 16.8 Å². The summed E-state index contributed by atoms with van der Waals surface area (Å²) in [5.74, 6) is -0.868. The minimum absolute atomic E-state index is 0.125. The third kappa shape index (κ3) is 4.28. The number of rotatable bonds is 4. The van der Waals surface area contributed by atoms with Crippen molar-refractivity contribution in [2.45, 2.75) is 19.8 Å². The quantitative estimate of drug-likeness (QED) is 0.868. The Kier molecular flexibility index (Phi) is 5.10. The number of carbonyl (C=O) groups excluding carboxylic acids is 1. The van der Waals surface area contributed by atoms with Crippen LogP contribution in [-0.2, 0) is 10.0 Å². The normalized spacial score (nSPS) is 18.1. The lowest BCUT2D eigenvalue weighted by Gasteiger charge is -2.32. The monoisotopic (exact) mass is 380 g/mol. The van der Waals surface area contributed by atoms with E-state index in [1.54, 1.807) is 30.2 Å². The van der Waals surface area contributed by atoms with Crippen molar-refractivity contribution >= 4 is 15.9 Å². The van der Waals surface area contributed by atoms with Gasteiger partial charge in [0.2, 0.25) is 10.0 Å². The van der Waals surface area contributed by atoms with Gasteiger partial charge < -0.3 is 4.90 Å². The van der Waals surface area contributed by atoms with Gasteiger partial charge in [-0.25, -0.2) is 22.6 Å². The number of carbonyl (C=O) groups is 1. The lowest BCUT2D eigenvalue weighted by Crippen LogP contribution is -2.43. The fraction of sp³-hybridized carbons (Fsp3) is 0.412. The second kappa shape index (κ2) is 7.16. The summed E-state index contributed by atoms with van der Waals surface area (Å²) in [5.41, 5.74) is 1.66. The number of likely N-dealkylation sites (tertiary alicyclic amines) is 1. The Hall–Kier alpha value is -2.26. The Morgan fingerprint density at radius 3 is 2.69 bits per heavy atom. The summed E-state index contributed by atoms with van der Waals surface area (Å²) in [6.07, 6.45) is 3.17. The standard InChI is InChI=1S/C17H21FN4O3S/c1-12-9-22(15-6-4-14(18)5-7-15)20-16(12)17(23)21-8-2-3-13(10-21)11-26(19,24)25/h4-7,9,13H,2-3,8,10-11H2,1H3,(H2,19,24,25). The minimum Gasteiger partial charge on any atom is -0.337 e. The maximum absolute atomic E-state index is 13.1. The zero-order valence-electron chi connectivity index (χ0n) is 14.4. The van der Waals surface area contributed by atoms with Gasteiger partial charge in [0.25, 0.3) is 5.91 Å². The number of halogens is 1. The first-order valence-electron chi connectivity index (χ1n) is 8.35. The molecule has 1 atom stereocenters. The molecule has 1 fully saturated rings. The Morgan fingerprint density at radius 2 is 2.04 bits per heavy atom. The molecule has 1 aliphatic rings. The molecule has 3 rings (SSSR count). The largest absolute Gasteiger partial charge is 0.337 e. The molecule has 7 nitrogen and oxygen atoms in total. The molecule has 1 saturated heterocycles. The number of aromatic nitrogens is 2. The molecule has 0 spiro atoms. The maximum Gasteiger partial charge on any atom is 0.274 e. The number of benzene rings is 1. The molecule has 26 heavy (non-hydrogen) atoms. The van der Waals surface area contributed by atoms with E-state index in [2.05, 4.69) is 5.10 Å². The van der Waals surface area contributed by atoms with Gasteiger partial charge in [-0.3, -0.25) is 4.79 Å². The number of hydrogen-bond acceptors (Lipinski definition) is 4. The number of primary sulfonamides is 1. The summed E-state index contributed by atoms with van der Waals surface area (Å²) < 4.78 is 37.2. The summed E-state index contributed by atoms with van der Waals surface area (Å²) in [7, 11) is -3.57. The van der Waals surface area contributed by atoms with Crippen LogP contribution in [-0.4, -0.2) is 47.8 Å². The maximum atomic E-state index is 13.1. The summed E-state index contributed by atoms with van der Waals surface area (Å²) >= 11 is 0. The van der Waals surface area contributed by atoms with Gasteiger partial charge in [0.15, 0.2) is 5.69 Å². The SMILES string of the molecule is Cc1cn(-c2ccc(F)cc2)nc1C(=O)N1CCCC(CS(N)(=O)=O)C1. The second-order valence-electron chi connectivity index (χ2n) is 6.67. The fourth-order valence-electron chi connectivity index (χ4n) is 3.26. The number of nitrogens with two attached hydrogens (primary N) is 1. The summed E-state index contributed by atoms with van der Waals surface area (Å²) in [6, 6.07) is 5.82. The van der Waals surface area contributed by atoms with Crippen LogP contribution in [0.2, 0.25) is 0 Å². The van der Waals surface area contributed by atoms with Crippen molar-refractivity contribution in [3.05, 3.63) is 47.5 Å². The highest BCUT2D eigenvalue weighted by Crippen LogP contribution is 2.21. The van der Waals surface area contributed by atoms with Crippen molar-refractivity contribution in [3.8, 4) is 5.69 Å². The van der Waals surface area contributed by atoms with Crippen LogP contribution in [0, 0.1) is 18.7 Å². The van der Waals surface area contributed by atoms with Crippen LogP contribution in [0.25, 0.3) is 5.69 Å². The topological polar surface area (TPSA) is 98.3 Å². The van der Waals surface area contributed by atoms with Crippen LogP contribution >= 0.6 is 0 Å². The molecule has 140 valence electrons. The molecule has 2 N–H and O–H groups in total. The van der Waals surface area contributed by atoms with E-state index in [9.17, 15) is 17.6 Å². The van der Waals surface area contributed by atoms with Gasteiger partial charge in [-0.15, -0.1) is 0 Å². The molecule has 2 aromatic rings. The summed E-state index contributed by atoms with van der Waals surface area (Å²) in [6.45, 7) is 2.69. The number of nitrogens with zero attached hydrogens (tertiary/aromatic N) is 3. The molecule has 9 heteroatoms. The third-order valence-electron chi connectivity index (χ3n) is 4.47. The van der Waals surface area contributed by atoms with Gasteiger partial charge in [-0.05, 0) is 49.9 Å². The van der Waals surface area contributed by atoms with Gasteiger partial charge in [0.05, 0.1) is 11.4 Å². The molecular formula is C17H21FN4O3S. The molecule has 1 amide bonds. The molecular weight excluding hydrogens is 359 g/mol. The van der Waals surface area contributed by atoms with Gasteiger partial charge >= 0.3 is 0 Å². The number of hydrogen-bond donors (Lipinski definition) is 1. The van der Waals surface area contributed by atoms with Crippen LogP contribution in [0.4, 0.5) is 4.39 Å². The Bertz CT molecular complexity index is 909. The average molecular weight is 380 g/mol. The van der Waals surface area contributed by atoms with Crippen molar-refractivity contribution in [2.75, 3.05) is 18.8 Å². The number of sulfonamides is 1. The Morgan fingerprint density at radius 1 is 1.35 bits per heavy atom. The van der Waals surface area contributed by atoms with Crippen molar-refractivity contribution in [3.63, 3.8) is 0 Å². The predicted molar refractivity (Wildman–Crippen MR) is 94.9 cm³/mol. The highest BCUT2D eigenvalue weighted by molar-refractivity contribution is 7.89. The second-order valence-corrected chi connectivity index (χ2v) is 8.33. The third-order valence-corrected chi connectivity index (χ3v) is 5.40. The van der Waals surface area contributed by atoms with E-state index in [0.29, 0.717) is 30.0 Å². The highest BCUT2D eigenvalue weighted by Gasteiger charge is 2.29. The molecule has 1 aromatic carbocycles.